The number of amides is 2. The van der Waals surface area contributed by atoms with Gasteiger partial charge in [0, 0.05) is 19.0 Å². The largest absolute Gasteiger partial charge is 0.480 e. The smallest absolute Gasteiger partial charge is 0.326 e. The Morgan fingerprint density at radius 3 is 1.92 bits per heavy atom. The van der Waals surface area contributed by atoms with E-state index in [1.807, 2.05) is 65.4 Å². The molecule has 5 rings (SSSR count). The molecule has 38 heavy (non-hydrogen) atoms. The number of aromatic nitrogens is 2. The zero-order valence-corrected chi connectivity index (χ0v) is 20.7. The summed E-state index contributed by atoms with van der Waals surface area (Å²) in [6, 6.07) is 28.3. The molecule has 8 nitrogen and oxygen atoms in total. The molecule has 0 aliphatic carbocycles. The lowest BCUT2D eigenvalue weighted by molar-refractivity contribution is -0.142. The molecule has 3 N–H and O–H groups in total. The predicted molar refractivity (Wildman–Crippen MR) is 141 cm³/mol. The molecule has 1 aliphatic heterocycles. The Bertz CT molecular complexity index is 1320. The molecule has 1 aliphatic rings. The molecule has 1 aromatic heterocycles. The number of imidazole rings is 1. The second-order valence-corrected chi connectivity index (χ2v) is 9.34. The lowest BCUT2D eigenvalue weighted by Crippen LogP contribution is -2.49. The van der Waals surface area contributed by atoms with Gasteiger partial charge >= 0.3 is 5.97 Å². The van der Waals surface area contributed by atoms with Crippen LogP contribution in [0.1, 0.15) is 35.2 Å². The predicted octanol–water partition coefficient (Wildman–Crippen LogP) is 3.11. The van der Waals surface area contributed by atoms with Crippen LogP contribution in [0.2, 0.25) is 0 Å². The van der Waals surface area contributed by atoms with Crippen molar-refractivity contribution in [3.05, 3.63) is 126 Å². The Hall–Kier alpha value is -4.72. The van der Waals surface area contributed by atoms with E-state index >= 15 is 0 Å². The minimum atomic E-state index is -1.19. The van der Waals surface area contributed by atoms with Crippen LogP contribution >= 0.6 is 0 Å². The highest BCUT2D eigenvalue weighted by Gasteiger charge is 2.38. The molecular formula is C30H28N4O4. The van der Waals surface area contributed by atoms with Crippen LogP contribution in [0.25, 0.3) is 0 Å². The van der Waals surface area contributed by atoms with E-state index in [-0.39, 0.29) is 18.7 Å². The lowest BCUT2D eigenvalue weighted by atomic mass is 9.77. The summed E-state index contributed by atoms with van der Waals surface area (Å²) in [5.41, 5.74) is 2.79. The zero-order chi connectivity index (χ0) is 26.5. The monoisotopic (exact) mass is 508 g/mol. The number of aliphatic carboxylic acids is 1. The summed E-state index contributed by atoms with van der Waals surface area (Å²) >= 11 is 0. The molecule has 0 radical (unpaired) electrons. The number of carboxylic acids is 1. The second-order valence-electron chi connectivity index (χ2n) is 9.34. The molecular weight excluding hydrogens is 480 g/mol. The Kier molecular flexibility index (Phi) is 7.04. The van der Waals surface area contributed by atoms with E-state index in [1.54, 1.807) is 6.33 Å². The van der Waals surface area contributed by atoms with Gasteiger partial charge in [-0.1, -0.05) is 91.0 Å². The van der Waals surface area contributed by atoms with Crippen LogP contribution in [-0.4, -0.2) is 44.5 Å². The van der Waals surface area contributed by atoms with Crippen molar-refractivity contribution in [2.24, 2.45) is 0 Å². The first-order valence-corrected chi connectivity index (χ1v) is 12.5. The maximum Gasteiger partial charge on any atom is 0.326 e. The number of rotatable bonds is 9. The molecule has 0 bridgehead atoms. The van der Waals surface area contributed by atoms with E-state index in [0.717, 1.165) is 16.7 Å². The first-order valence-electron chi connectivity index (χ1n) is 12.5. The van der Waals surface area contributed by atoms with E-state index in [0.29, 0.717) is 12.1 Å². The van der Waals surface area contributed by atoms with Crippen molar-refractivity contribution in [1.29, 1.82) is 0 Å². The van der Waals surface area contributed by atoms with Crippen molar-refractivity contribution in [3.8, 4) is 0 Å². The highest BCUT2D eigenvalue weighted by Crippen LogP contribution is 2.40. The first-order chi connectivity index (χ1) is 18.5. The van der Waals surface area contributed by atoms with Gasteiger partial charge in [-0.3, -0.25) is 9.59 Å². The van der Waals surface area contributed by atoms with Gasteiger partial charge in [-0.15, -0.1) is 0 Å². The third-order valence-corrected chi connectivity index (χ3v) is 6.94. The van der Waals surface area contributed by atoms with E-state index < -0.39 is 29.5 Å². The van der Waals surface area contributed by atoms with Crippen LogP contribution in [0.15, 0.2) is 104 Å². The minimum absolute atomic E-state index is 0.0107. The van der Waals surface area contributed by atoms with Crippen LogP contribution in [0, 0.1) is 0 Å². The Labute approximate surface area is 220 Å². The van der Waals surface area contributed by atoms with Gasteiger partial charge in [0.15, 0.2) is 0 Å². The van der Waals surface area contributed by atoms with Crippen LogP contribution in [-0.2, 0) is 26.3 Å². The molecule has 0 spiro atoms. The fourth-order valence-corrected chi connectivity index (χ4v) is 5.13. The summed E-state index contributed by atoms with van der Waals surface area (Å²) in [6.45, 7) is 0. The fraction of sp³-hybridized carbons (Fsp3) is 0.200. The number of hydrogen-bond acceptors (Lipinski definition) is 4. The summed E-state index contributed by atoms with van der Waals surface area (Å²) < 4.78 is 2.00. The number of carboxylic acid groups (broad SMARTS) is 1. The van der Waals surface area contributed by atoms with E-state index in [1.165, 1.54) is 0 Å². The molecule has 2 amide bonds. The zero-order valence-electron chi connectivity index (χ0n) is 20.7. The maximum absolute atomic E-state index is 12.6. The summed E-state index contributed by atoms with van der Waals surface area (Å²) in [7, 11) is 0. The lowest BCUT2D eigenvalue weighted by Gasteiger charge is -2.37. The van der Waals surface area contributed by atoms with Crippen LogP contribution in [0.4, 0.5) is 0 Å². The molecule has 0 unspecified atom stereocenters. The molecule has 8 heteroatoms. The maximum atomic E-state index is 12.6. The average Bonchev–Trinajstić information content (AvgIpc) is 3.60. The number of nitrogens with zero attached hydrogens (tertiary/aromatic N) is 2. The fourth-order valence-electron chi connectivity index (χ4n) is 5.13. The molecule has 1 saturated heterocycles. The van der Waals surface area contributed by atoms with E-state index in [9.17, 15) is 19.5 Å². The number of nitrogens with one attached hydrogen (secondary N) is 2. The SMILES string of the molecule is O=C1CC[C@@H](C(=O)N[C@@H](Cc2cn(C(c3ccccc3)(c3ccccc3)c3ccccc3)cn2)C(=O)O)N1. The average molecular weight is 509 g/mol. The van der Waals surface area contributed by atoms with Crippen molar-refractivity contribution in [3.63, 3.8) is 0 Å². The first kappa shape index (κ1) is 25.0. The molecule has 1 fully saturated rings. The molecule has 4 aromatic rings. The van der Waals surface area contributed by atoms with Crippen LogP contribution < -0.4 is 10.6 Å². The second kappa shape index (κ2) is 10.7. The number of benzene rings is 3. The van der Waals surface area contributed by atoms with Crippen molar-refractivity contribution in [1.82, 2.24) is 20.2 Å². The van der Waals surface area contributed by atoms with E-state index in [4.69, 9.17) is 0 Å². The molecule has 2 atom stereocenters. The third kappa shape index (κ3) is 4.80. The highest BCUT2D eigenvalue weighted by atomic mass is 16.4. The number of hydrogen-bond donors (Lipinski definition) is 3. The van der Waals surface area contributed by atoms with E-state index in [2.05, 4.69) is 52.0 Å². The summed E-state index contributed by atoms with van der Waals surface area (Å²) in [5.74, 6) is -1.89. The number of carbonyl (C=O) groups is 3. The van der Waals surface area contributed by atoms with Crippen molar-refractivity contribution in [2.75, 3.05) is 0 Å². The highest BCUT2D eigenvalue weighted by molar-refractivity contribution is 5.92. The van der Waals surface area contributed by atoms with Gasteiger partial charge in [0.25, 0.3) is 0 Å². The molecule has 3 aromatic carbocycles. The summed E-state index contributed by atoms with van der Waals surface area (Å²) in [6.07, 6.45) is 4.13. The molecule has 2 heterocycles. The van der Waals surface area contributed by atoms with Gasteiger partial charge in [0.1, 0.15) is 17.6 Å². The third-order valence-electron chi connectivity index (χ3n) is 6.94. The topological polar surface area (TPSA) is 113 Å². The standard InChI is InChI=1S/C30H28N4O4/c35-27-17-16-25(32-27)28(36)33-26(29(37)38)18-24-19-34(20-31-24)30(21-10-4-1-5-11-21,22-12-6-2-7-13-22)23-14-8-3-9-15-23/h1-15,19-20,25-26H,16-18H2,(H,32,35)(H,33,36)(H,37,38)/t25-,26-/m0/s1. The van der Waals surface area contributed by atoms with Gasteiger partial charge in [0.05, 0.1) is 12.0 Å². The van der Waals surface area contributed by atoms with Crippen LogP contribution in [0.3, 0.4) is 0 Å². The van der Waals surface area contributed by atoms with Crippen molar-refractivity contribution >= 4 is 17.8 Å². The normalized spacial score (nSPS) is 16.0. The van der Waals surface area contributed by atoms with Gasteiger partial charge in [-0.25, -0.2) is 9.78 Å². The van der Waals surface area contributed by atoms with Crippen molar-refractivity contribution < 1.29 is 19.5 Å². The summed E-state index contributed by atoms with van der Waals surface area (Å²) in [4.78, 5) is 40.7. The van der Waals surface area contributed by atoms with Gasteiger partial charge < -0.3 is 20.3 Å². The number of carbonyl (C=O) groups excluding carboxylic acids is 2. The quantitative estimate of drug-likeness (QED) is 0.301. The summed E-state index contributed by atoms with van der Waals surface area (Å²) in [5, 5.41) is 15.0. The Balaban J connectivity index is 1.54. The molecule has 0 saturated carbocycles. The van der Waals surface area contributed by atoms with Gasteiger partial charge in [-0.2, -0.15) is 0 Å². The van der Waals surface area contributed by atoms with Crippen molar-refractivity contribution in [2.45, 2.75) is 36.9 Å². The van der Waals surface area contributed by atoms with Crippen LogP contribution in [0.5, 0.6) is 0 Å². The van der Waals surface area contributed by atoms with Gasteiger partial charge in [-0.05, 0) is 23.1 Å². The molecule has 192 valence electrons. The Morgan fingerprint density at radius 2 is 1.47 bits per heavy atom. The minimum Gasteiger partial charge on any atom is -0.480 e. The Morgan fingerprint density at radius 1 is 0.947 bits per heavy atom. The van der Waals surface area contributed by atoms with Gasteiger partial charge in [0.2, 0.25) is 11.8 Å².